The maximum absolute atomic E-state index is 11.8. The van der Waals surface area contributed by atoms with Crippen LogP contribution in [0, 0.1) is 0 Å². The van der Waals surface area contributed by atoms with Gasteiger partial charge in [0.1, 0.15) is 0 Å². The van der Waals surface area contributed by atoms with Crippen molar-refractivity contribution in [3.63, 3.8) is 0 Å². The first-order valence-electron chi connectivity index (χ1n) is 6.48. The van der Waals surface area contributed by atoms with Crippen molar-refractivity contribution in [1.29, 1.82) is 0 Å². The van der Waals surface area contributed by atoms with E-state index < -0.39 is 0 Å². The largest absolute Gasteiger partial charge is 0.466 e. The minimum Gasteiger partial charge on any atom is -0.466 e. The van der Waals surface area contributed by atoms with Gasteiger partial charge in [-0.3, -0.25) is 4.79 Å². The van der Waals surface area contributed by atoms with Crippen molar-refractivity contribution in [2.45, 2.75) is 46.0 Å². The van der Waals surface area contributed by atoms with Gasteiger partial charge in [-0.25, -0.2) is 0 Å². The fraction of sp³-hybridized carbons (Fsp3) is 0.533. The number of benzene rings is 1. The van der Waals surface area contributed by atoms with E-state index in [1.54, 1.807) is 0 Å². The van der Waals surface area contributed by atoms with E-state index in [9.17, 15) is 4.79 Å². The zero-order valence-corrected chi connectivity index (χ0v) is 11.0. The number of aryl methyl sites for hydroxylation is 1. The smallest absolute Gasteiger partial charge is 0.313 e. The van der Waals surface area contributed by atoms with Gasteiger partial charge >= 0.3 is 5.97 Å². The lowest BCUT2D eigenvalue weighted by Crippen LogP contribution is -2.15. The molecule has 17 heavy (non-hydrogen) atoms. The number of carbonyl (C=O) groups is 1. The van der Waals surface area contributed by atoms with E-state index in [-0.39, 0.29) is 11.9 Å². The predicted octanol–water partition coefficient (Wildman–Crippen LogP) is 3.70. The summed E-state index contributed by atoms with van der Waals surface area (Å²) in [7, 11) is 0. The zero-order chi connectivity index (χ0) is 12.7. The molecule has 0 aromatic heterocycles. The second-order valence-corrected chi connectivity index (χ2v) is 4.20. The first kappa shape index (κ1) is 13.8. The van der Waals surface area contributed by atoms with Crippen LogP contribution in [0.5, 0.6) is 0 Å². The molecule has 0 bridgehead atoms. The second-order valence-electron chi connectivity index (χ2n) is 4.20. The van der Waals surface area contributed by atoms with E-state index in [1.165, 1.54) is 5.56 Å². The van der Waals surface area contributed by atoms with Crippen LogP contribution in [0.2, 0.25) is 0 Å². The van der Waals surface area contributed by atoms with Crippen LogP contribution in [-0.2, 0) is 16.0 Å². The lowest BCUT2D eigenvalue weighted by Gasteiger charge is -2.14. The Morgan fingerprint density at radius 1 is 1.18 bits per heavy atom. The van der Waals surface area contributed by atoms with Gasteiger partial charge in [-0.2, -0.15) is 0 Å². The van der Waals surface area contributed by atoms with Gasteiger partial charge < -0.3 is 4.74 Å². The summed E-state index contributed by atoms with van der Waals surface area (Å²) in [6.45, 7) is 6.47. The van der Waals surface area contributed by atoms with Crippen LogP contribution >= 0.6 is 0 Å². The maximum Gasteiger partial charge on any atom is 0.313 e. The SMILES string of the molecule is CCCc1ccc(C(CC)C(=O)OCC)cc1. The Hall–Kier alpha value is -1.31. The summed E-state index contributed by atoms with van der Waals surface area (Å²) in [6, 6.07) is 8.33. The van der Waals surface area contributed by atoms with Crippen LogP contribution in [0.1, 0.15) is 50.7 Å². The van der Waals surface area contributed by atoms with Crippen molar-refractivity contribution >= 4 is 5.97 Å². The average molecular weight is 234 g/mol. The Morgan fingerprint density at radius 3 is 2.29 bits per heavy atom. The number of carbonyl (C=O) groups excluding carboxylic acids is 1. The summed E-state index contributed by atoms with van der Waals surface area (Å²) in [5.74, 6) is -0.233. The summed E-state index contributed by atoms with van der Waals surface area (Å²) in [5.41, 5.74) is 2.39. The molecule has 0 radical (unpaired) electrons. The van der Waals surface area contributed by atoms with E-state index >= 15 is 0 Å². The summed E-state index contributed by atoms with van der Waals surface area (Å²) >= 11 is 0. The molecule has 0 fully saturated rings. The Bertz CT molecular complexity index is 340. The zero-order valence-electron chi connectivity index (χ0n) is 11.0. The molecule has 0 saturated carbocycles. The maximum atomic E-state index is 11.8. The van der Waals surface area contributed by atoms with E-state index in [2.05, 4.69) is 31.2 Å². The van der Waals surface area contributed by atoms with Crippen LogP contribution in [-0.4, -0.2) is 12.6 Å². The molecule has 1 rings (SSSR count). The molecule has 0 spiro atoms. The minimum absolute atomic E-state index is 0.113. The first-order chi connectivity index (χ1) is 8.22. The lowest BCUT2D eigenvalue weighted by atomic mass is 9.95. The molecule has 1 aromatic carbocycles. The first-order valence-corrected chi connectivity index (χ1v) is 6.48. The molecule has 1 aromatic rings. The van der Waals surface area contributed by atoms with Crippen molar-refractivity contribution in [3.05, 3.63) is 35.4 Å². The third-order valence-corrected chi connectivity index (χ3v) is 2.90. The molecule has 0 N–H and O–H groups in total. The van der Waals surface area contributed by atoms with Crippen molar-refractivity contribution in [1.82, 2.24) is 0 Å². The molecule has 0 aliphatic heterocycles. The predicted molar refractivity (Wildman–Crippen MR) is 70.1 cm³/mol. The summed E-state index contributed by atoms with van der Waals surface area (Å²) < 4.78 is 5.09. The van der Waals surface area contributed by atoms with Gasteiger partial charge in [0.2, 0.25) is 0 Å². The van der Waals surface area contributed by atoms with Gasteiger partial charge in [0.25, 0.3) is 0 Å². The molecule has 0 amide bonds. The van der Waals surface area contributed by atoms with Crippen LogP contribution in [0.15, 0.2) is 24.3 Å². The van der Waals surface area contributed by atoms with Crippen LogP contribution in [0.4, 0.5) is 0 Å². The number of esters is 1. The molecule has 94 valence electrons. The topological polar surface area (TPSA) is 26.3 Å². The van der Waals surface area contributed by atoms with Gasteiger partial charge in [0.15, 0.2) is 0 Å². The van der Waals surface area contributed by atoms with Crippen molar-refractivity contribution in [3.8, 4) is 0 Å². The molecule has 0 aliphatic rings. The standard InChI is InChI=1S/C15H22O2/c1-4-7-12-8-10-13(11-9-12)14(5-2)15(16)17-6-3/h8-11,14H,4-7H2,1-3H3. The summed E-state index contributed by atoms with van der Waals surface area (Å²) in [4.78, 5) is 11.8. The van der Waals surface area contributed by atoms with E-state index in [0.29, 0.717) is 6.61 Å². The van der Waals surface area contributed by atoms with Gasteiger partial charge in [-0.1, -0.05) is 44.5 Å². The summed E-state index contributed by atoms with van der Waals surface area (Å²) in [5, 5.41) is 0. The van der Waals surface area contributed by atoms with Crippen LogP contribution in [0.25, 0.3) is 0 Å². The van der Waals surface area contributed by atoms with Gasteiger partial charge in [-0.15, -0.1) is 0 Å². The van der Waals surface area contributed by atoms with E-state index in [1.807, 2.05) is 13.8 Å². The number of hydrogen-bond donors (Lipinski definition) is 0. The highest BCUT2D eigenvalue weighted by Crippen LogP contribution is 2.21. The highest BCUT2D eigenvalue weighted by Gasteiger charge is 2.19. The molecule has 2 heteroatoms. The highest BCUT2D eigenvalue weighted by molar-refractivity contribution is 5.78. The van der Waals surface area contributed by atoms with E-state index in [0.717, 1.165) is 24.8 Å². The molecule has 1 unspecified atom stereocenters. The molecular formula is C15H22O2. The molecule has 0 saturated heterocycles. The van der Waals surface area contributed by atoms with Crippen LogP contribution in [0.3, 0.4) is 0 Å². The number of hydrogen-bond acceptors (Lipinski definition) is 2. The normalized spacial score (nSPS) is 12.2. The molecule has 0 aliphatic carbocycles. The number of rotatable bonds is 6. The number of ether oxygens (including phenoxy) is 1. The van der Waals surface area contributed by atoms with Crippen molar-refractivity contribution in [2.75, 3.05) is 6.61 Å². The van der Waals surface area contributed by atoms with E-state index in [4.69, 9.17) is 4.74 Å². The molecule has 1 atom stereocenters. The fourth-order valence-corrected chi connectivity index (χ4v) is 1.99. The fourth-order valence-electron chi connectivity index (χ4n) is 1.99. The van der Waals surface area contributed by atoms with Crippen molar-refractivity contribution < 1.29 is 9.53 Å². The average Bonchev–Trinajstić information content (AvgIpc) is 2.33. The monoisotopic (exact) mass is 234 g/mol. The molecule has 2 nitrogen and oxygen atoms in total. The second kappa shape index (κ2) is 7.10. The lowest BCUT2D eigenvalue weighted by molar-refractivity contribution is -0.145. The summed E-state index contributed by atoms with van der Waals surface area (Å²) in [6.07, 6.45) is 3.02. The molecule has 0 heterocycles. The van der Waals surface area contributed by atoms with Crippen LogP contribution < -0.4 is 0 Å². The quantitative estimate of drug-likeness (QED) is 0.702. The Morgan fingerprint density at radius 2 is 1.82 bits per heavy atom. The highest BCUT2D eigenvalue weighted by atomic mass is 16.5. The van der Waals surface area contributed by atoms with Gasteiger partial charge in [0.05, 0.1) is 12.5 Å². The third kappa shape index (κ3) is 3.88. The Kier molecular flexibility index (Phi) is 5.75. The third-order valence-electron chi connectivity index (χ3n) is 2.90. The Balaban J connectivity index is 2.78. The van der Waals surface area contributed by atoms with Gasteiger partial charge in [-0.05, 0) is 30.9 Å². The van der Waals surface area contributed by atoms with Crippen molar-refractivity contribution in [2.24, 2.45) is 0 Å². The van der Waals surface area contributed by atoms with Gasteiger partial charge in [0, 0.05) is 0 Å². The minimum atomic E-state index is -0.120. The molecular weight excluding hydrogens is 212 g/mol. The Labute approximate surface area is 104 Å².